The molecule has 0 radical (unpaired) electrons. The first kappa shape index (κ1) is 22.8. The van der Waals surface area contributed by atoms with Crippen LogP contribution in [0.2, 0.25) is 0 Å². The number of para-hydroxylation sites is 2. The van der Waals surface area contributed by atoms with E-state index in [-0.39, 0.29) is 12.3 Å². The molecule has 1 aliphatic heterocycles. The fraction of sp³-hybridized carbons (Fsp3) is 0.286. The number of carbonyl (C=O) groups is 2. The predicted molar refractivity (Wildman–Crippen MR) is 133 cm³/mol. The summed E-state index contributed by atoms with van der Waals surface area (Å²) in [7, 11) is 0. The SMILES string of the molecule is CC(=O)C1Cc2cccc(OCCCCOc3ccc4c5ccccc5n(CC(=O)O)c4c3)c2O1. The molecule has 1 N–H and O–H groups in total. The molecule has 180 valence electrons. The zero-order valence-corrected chi connectivity index (χ0v) is 19.5. The van der Waals surface area contributed by atoms with Gasteiger partial charge in [-0.05, 0) is 44.0 Å². The molecule has 2 heterocycles. The van der Waals surface area contributed by atoms with Crippen molar-refractivity contribution in [2.24, 2.45) is 0 Å². The first-order chi connectivity index (χ1) is 17.0. The fourth-order valence-corrected chi connectivity index (χ4v) is 4.58. The second-order valence-corrected chi connectivity index (χ2v) is 8.75. The van der Waals surface area contributed by atoms with Crippen molar-refractivity contribution in [3.8, 4) is 17.2 Å². The number of Topliss-reactive ketones (excluding diaryl/α,β-unsaturated/α-hetero) is 1. The largest absolute Gasteiger partial charge is 0.494 e. The van der Waals surface area contributed by atoms with E-state index in [1.165, 1.54) is 0 Å². The van der Waals surface area contributed by atoms with Crippen LogP contribution in [0.5, 0.6) is 17.2 Å². The number of benzene rings is 3. The molecular weight excluding hydrogens is 446 g/mol. The molecule has 1 unspecified atom stereocenters. The molecule has 0 aliphatic carbocycles. The molecule has 1 atom stereocenters. The minimum Gasteiger partial charge on any atom is -0.494 e. The standard InChI is InChI=1S/C28H27NO6/c1-18(30)26-15-19-7-6-10-25(28(19)35-26)34-14-5-4-13-33-20-11-12-22-21-8-2-3-9-23(21)29(17-27(31)32)24(22)16-20/h2-3,6-12,16,26H,4-5,13-15,17H2,1H3,(H,31,32). The van der Waals surface area contributed by atoms with Crippen LogP contribution in [0.4, 0.5) is 0 Å². The van der Waals surface area contributed by atoms with E-state index >= 15 is 0 Å². The molecule has 7 nitrogen and oxygen atoms in total. The highest BCUT2D eigenvalue weighted by Crippen LogP contribution is 2.38. The van der Waals surface area contributed by atoms with Gasteiger partial charge in [0.2, 0.25) is 0 Å². The Hall–Kier alpha value is -4.00. The number of carboxylic acids is 1. The van der Waals surface area contributed by atoms with Crippen molar-refractivity contribution in [2.45, 2.75) is 38.8 Å². The number of aliphatic carboxylic acids is 1. The van der Waals surface area contributed by atoms with Gasteiger partial charge in [-0.2, -0.15) is 0 Å². The average molecular weight is 474 g/mol. The van der Waals surface area contributed by atoms with Gasteiger partial charge in [0, 0.05) is 34.3 Å². The quantitative estimate of drug-likeness (QED) is 0.326. The van der Waals surface area contributed by atoms with Gasteiger partial charge in [0.25, 0.3) is 0 Å². The second-order valence-electron chi connectivity index (χ2n) is 8.75. The molecule has 35 heavy (non-hydrogen) atoms. The number of nitrogens with zero attached hydrogens (tertiary/aromatic N) is 1. The summed E-state index contributed by atoms with van der Waals surface area (Å²) in [6.07, 6.45) is 1.75. The zero-order valence-electron chi connectivity index (χ0n) is 19.5. The summed E-state index contributed by atoms with van der Waals surface area (Å²) in [6, 6.07) is 19.4. The Kier molecular flexibility index (Phi) is 6.31. The number of carboxylic acid groups (broad SMARTS) is 1. The Balaban J connectivity index is 1.17. The lowest BCUT2D eigenvalue weighted by molar-refractivity contribution is -0.137. The van der Waals surface area contributed by atoms with Crippen LogP contribution in [-0.4, -0.2) is 40.7 Å². The third-order valence-corrected chi connectivity index (χ3v) is 6.28. The van der Waals surface area contributed by atoms with E-state index in [1.54, 1.807) is 6.92 Å². The van der Waals surface area contributed by atoms with Crippen molar-refractivity contribution in [1.29, 1.82) is 0 Å². The summed E-state index contributed by atoms with van der Waals surface area (Å²) in [5.74, 6) is 1.19. The van der Waals surface area contributed by atoms with Crippen LogP contribution in [0.25, 0.3) is 21.8 Å². The van der Waals surface area contributed by atoms with E-state index in [1.807, 2.05) is 65.2 Å². The van der Waals surface area contributed by atoms with E-state index < -0.39 is 12.1 Å². The van der Waals surface area contributed by atoms with Crippen LogP contribution in [0, 0.1) is 0 Å². The van der Waals surface area contributed by atoms with Gasteiger partial charge in [-0.25, -0.2) is 0 Å². The van der Waals surface area contributed by atoms with Gasteiger partial charge in [-0.1, -0.05) is 30.3 Å². The van der Waals surface area contributed by atoms with Gasteiger partial charge in [0.15, 0.2) is 23.4 Å². The molecule has 0 fully saturated rings. The van der Waals surface area contributed by atoms with Crippen molar-refractivity contribution < 1.29 is 28.9 Å². The molecule has 0 amide bonds. The molecule has 1 aromatic heterocycles. The Morgan fingerprint density at radius 3 is 2.54 bits per heavy atom. The summed E-state index contributed by atoms with van der Waals surface area (Å²) in [5, 5.41) is 11.4. The summed E-state index contributed by atoms with van der Waals surface area (Å²) in [6.45, 7) is 2.47. The smallest absolute Gasteiger partial charge is 0.323 e. The number of ether oxygens (including phenoxy) is 3. The highest BCUT2D eigenvalue weighted by molar-refractivity contribution is 6.08. The van der Waals surface area contributed by atoms with E-state index in [9.17, 15) is 14.7 Å². The summed E-state index contributed by atoms with van der Waals surface area (Å²) < 4.78 is 19.5. The van der Waals surface area contributed by atoms with Gasteiger partial charge < -0.3 is 23.9 Å². The molecule has 1 aliphatic rings. The van der Waals surface area contributed by atoms with Crippen LogP contribution < -0.4 is 14.2 Å². The van der Waals surface area contributed by atoms with Gasteiger partial charge in [-0.3, -0.25) is 9.59 Å². The van der Waals surface area contributed by atoms with Crippen molar-refractivity contribution in [3.63, 3.8) is 0 Å². The maximum atomic E-state index is 11.7. The third-order valence-electron chi connectivity index (χ3n) is 6.28. The molecule has 0 spiro atoms. The van der Waals surface area contributed by atoms with Crippen LogP contribution in [0.1, 0.15) is 25.3 Å². The number of rotatable bonds is 10. The lowest BCUT2D eigenvalue weighted by Crippen LogP contribution is -2.22. The van der Waals surface area contributed by atoms with Gasteiger partial charge in [-0.15, -0.1) is 0 Å². The summed E-state index contributed by atoms with van der Waals surface area (Å²) in [5.41, 5.74) is 2.74. The van der Waals surface area contributed by atoms with Crippen LogP contribution in [0.3, 0.4) is 0 Å². The van der Waals surface area contributed by atoms with E-state index in [0.29, 0.717) is 36.9 Å². The Bertz CT molecular complexity index is 1410. The highest BCUT2D eigenvalue weighted by atomic mass is 16.5. The average Bonchev–Trinajstić information content (AvgIpc) is 3.42. The van der Waals surface area contributed by atoms with Crippen molar-refractivity contribution in [1.82, 2.24) is 4.57 Å². The molecule has 7 heteroatoms. The van der Waals surface area contributed by atoms with E-state index in [4.69, 9.17) is 14.2 Å². The number of unbranched alkanes of at least 4 members (excludes halogenated alkanes) is 1. The number of hydrogen-bond donors (Lipinski definition) is 1. The van der Waals surface area contributed by atoms with Crippen molar-refractivity contribution in [2.75, 3.05) is 13.2 Å². The van der Waals surface area contributed by atoms with Crippen LogP contribution >= 0.6 is 0 Å². The van der Waals surface area contributed by atoms with E-state index in [0.717, 1.165) is 40.2 Å². The number of fused-ring (bicyclic) bond motifs is 4. The molecule has 4 aromatic rings. The third kappa shape index (κ3) is 4.67. The topological polar surface area (TPSA) is 87.0 Å². The van der Waals surface area contributed by atoms with Gasteiger partial charge >= 0.3 is 5.97 Å². The highest BCUT2D eigenvalue weighted by Gasteiger charge is 2.28. The molecule has 0 bridgehead atoms. The summed E-state index contributed by atoms with van der Waals surface area (Å²) in [4.78, 5) is 23.1. The fourth-order valence-electron chi connectivity index (χ4n) is 4.58. The Morgan fingerprint density at radius 2 is 1.74 bits per heavy atom. The zero-order chi connectivity index (χ0) is 24.4. The first-order valence-corrected chi connectivity index (χ1v) is 11.8. The molecular formula is C28H27NO6. The molecule has 0 saturated carbocycles. The second kappa shape index (κ2) is 9.70. The lowest BCUT2D eigenvalue weighted by atomic mass is 10.1. The van der Waals surface area contributed by atoms with Gasteiger partial charge in [0.05, 0.1) is 18.7 Å². The number of aromatic nitrogens is 1. The number of hydrogen-bond acceptors (Lipinski definition) is 5. The van der Waals surface area contributed by atoms with E-state index in [2.05, 4.69) is 0 Å². The number of ketones is 1. The van der Waals surface area contributed by atoms with Crippen molar-refractivity contribution in [3.05, 3.63) is 66.2 Å². The minimum atomic E-state index is -0.884. The monoisotopic (exact) mass is 473 g/mol. The minimum absolute atomic E-state index is 0.0193. The molecule has 5 rings (SSSR count). The maximum Gasteiger partial charge on any atom is 0.323 e. The lowest BCUT2D eigenvalue weighted by Gasteiger charge is -2.12. The number of carbonyl (C=O) groups excluding carboxylic acids is 1. The van der Waals surface area contributed by atoms with Gasteiger partial charge in [0.1, 0.15) is 12.3 Å². The summed E-state index contributed by atoms with van der Waals surface area (Å²) >= 11 is 0. The van der Waals surface area contributed by atoms with Crippen LogP contribution in [-0.2, 0) is 22.6 Å². The molecule has 3 aromatic carbocycles. The normalized spacial score (nSPS) is 14.6. The maximum absolute atomic E-state index is 11.7. The Labute approximate surface area is 202 Å². The van der Waals surface area contributed by atoms with Crippen molar-refractivity contribution >= 4 is 33.6 Å². The molecule has 0 saturated heterocycles. The first-order valence-electron chi connectivity index (χ1n) is 11.8. The Morgan fingerprint density at radius 1 is 0.971 bits per heavy atom. The van der Waals surface area contributed by atoms with Crippen LogP contribution in [0.15, 0.2) is 60.7 Å². The predicted octanol–water partition coefficient (Wildman–Crippen LogP) is 5.01.